The van der Waals surface area contributed by atoms with Crippen LogP contribution in [0.3, 0.4) is 0 Å². The Kier molecular flexibility index (Phi) is 5.40. The van der Waals surface area contributed by atoms with Crippen LogP contribution in [0.5, 0.6) is 5.75 Å². The van der Waals surface area contributed by atoms with Crippen LogP contribution in [0.25, 0.3) is 0 Å². The molecule has 1 N–H and O–H groups in total. The summed E-state index contributed by atoms with van der Waals surface area (Å²) >= 11 is 5.81. The van der Waals surface area contributed by atoms with Crippen LogP contribution in [0.1, 0.15) is 15.9 Å². The Balaban J connectivity index is 1.93. The summed E-state index contributed by atoms with van der Waals surface area (Å²) in [7, 11) is 1.59. The van der Waals surface area contributed by atoms with Crippen LogP contribution in [0.4, 0.5) is 4.39 Å². The number of hydrogen-bond donors (Lipinski definition) is 1. The summed E-state index contributed by atoms with van der Waals surface area (Å²) in [4.78, 5) is 11.9. The van der Waals surface area contributed by atoms with Gasteiger partial charge in [-0.05, 0) is 42.5 Å². The molecule has 0 aliphatic heterocycles. The first kappa shape index (κ1) is 15.9. The van der Waals surface area contributed by atoms with E-state index in [1.54, 1.807) is 19.2 Å². The van der Waals surface area contributed by atoms with Crippen LogP contribution in [-0.4, -0.2) is 19.6 Å². The van der Waals surface area contributed by atoms with E-state index in [0.29, 0.717) is 0 Å². The molecule has 0 spiro atoms. The number of nitrogens with one attached hydrogen (secondary N) is 1. The molecule has 0 fully saturated rings. The fourth-order valence-corrected chi connectivity index (χ4v) is 1.97. The molecule has 1 amide bonds. The Hall–Kier alpha value is -2.51. The monoisotopic (exact) mass is 317 g/mol. The van der Waals surface area contributed by atoms with Crippen LogP contribution in [-0.2, 0) is 0 Å². The Morgan fingerprint density at radius 2 is 2.00 bits per heavy atom. The average molecular weight is 318 g/mol. The predicted octanol–water partition coefficient (Wildman–Crippen LogP) is 3.27. The second-order valence-corrected chi connectivity index (χ2v) is 4.74. The molecule has 0 bridgehead atoms. The first-order chi connectivity index (χ1) is 10.6. The minimum absolute atomic E-state index is 0.0700. The Labute approximate surface area is 133 Å². The third kappa shape index (κ3) is 4.24. The van der Waals surface area contributed by atoms with Gasteiger partial charge in [-0.2, -0.15) is 0 Å². The van der Waals surface area contributed by atoms with Crippen molar-refractivity contribution in [3.05, 3.63) is 64.4 Å². The molecule has 0 aromatic heterocycles. The van der Waals surface area contributed by atoms with E-state index >= 15 is 0 Å². The van der Waals surface area contributed by atoms with Gasteiger partial charge >= 0.3 is 0 Å². The highest BCUT2D eigenvalue weighted by atomic mass is 35.5. The average Bonchev–Trinajstić information content (AvgIpc) is 2.52. The summed E-state index contributed by atoms with van der Waals surface area (Å²) in [5, 5.41) is 2.68. The first-order valence-electron chi connectivity index (χ1n) is 6.46. The highest BCUT2D eigenvalue weighted by Gasteiger charge is 2.09. The number of benzene rings is 2. The molecule has 0 atom stereocenters. The van der Waals surface area contributed by atoms with Gasteiger partial charge in [-0.1, -0.05) is 23.4 Å². The summed E-state index contributed by atoms with van der Waals surface area (Å²) in [5.74, 6) is 5.62. The van der Waals surface area contributed by atoms with Gasteiger partial charge in [0.2, 0.25) is 0 Å². The van der Waals surface area contributed by atoms with Crippen molar-refractivity contribution in [2.45, 2.75) is 0 Å². The van der Waals surface area contributed by atoms with Gasteiger partial charge in [0.05, 0.1) is 24.2 Å². The lowest BCUT2D eigenvalue weighted by Gasteiger charge is -2.03. The van der Waals surface area contributed by atoms with Crippen molar-refractivity contribution in [1.82, 2.24) is 5.32 Å². The van der Waals surface area contributed by atoms with Crippen molar-refractivity contribution >= 4 is 17.5 Å². The molecule has 2 aromatic carbocycles. The van der Waals surface area contributed by atoms with Gasteiger partial charge in [-0.3, -0.25) is 4.79 Å². The molecule has 0 saturated carbocycles. The molecular formula is C17H13ClFNO2. The highest BCUT2D eigenvalue weighted by Crippen LogP contribution is 2.16. The van der Waals surface area contributed by atoms with Crippen molar-refractivity contribution < 1.29 is 13.9 Å². The molecule has 0 radical (unpaired) electrons. The third-order valence-corrected chi connectivity index (χ3v) is 3.15. The topological polar surface area (TPSA) is 38.3 Å². The minimum Gasteiger partial charge on any atom is -0.497 e. The number of hydrogen-bond acceptors (Lipinski definition) is 2. The van der Waals surface area contributed by atoms with Crippen LogP contribution < -0.4 is 10.1 Å². The lowest BCUT2D eigenvalue weighted by molar-refractivity contribution is 0.0959. The zero-order valence-electron chi connectivity index (χ0n) is 11.8. The number of carbonyl (C=O) groups excluding carboxylic acids is 1. The summed E-state index contributed by atoms with van der Waals surface area (Å²) < 4.78 is 18.0. The van der Waals surface area contributed by atoms with E-state index < -0.39 is 11.7 Å². The Bertz CT molecular complexity index is 733. The van der Waals surface area contributed by atoms with E-state index in [9.17, 15) is 9.18 Å². The minimum atomic E-state index is -0.485. The van der Waals surface area contributed by atoms with Crippen LogP contribution in [0.2, 0.25) is 5.02 Å². The third-order valence-electron chi connectivity index (χ3n) is 2.84. The number of carbonyl (C=O) groups is 1. The second kappa shape index (κ2) is 7.48. The number of ether oxygens (including phenoxy) is 1. The fourth-order valence-electron chi connectivity index (χ4n) is 1.71. The quantitative estimate of drug-likeness (QED) is 0.882. The van der Waals surface area contributed by atoms with Crippen molar-refractivity contribution in [3.63, 3.8) is 0 Å². The lowest BCUT2D eigenvalue weighted by Crippen LogP contribution is -2.23. The predicted molar refractivity (Wildman–Crippen MR) is 83.6 cm³/mol. The van der Waals surface area contributed by atoms with E-state index in [1.807, 2.05) is 12.1 Å². The summed E-state index contributed by atoms with van der Waals surface area (Å²) in [5.41, 5.74) is 1.03. The first-order valence-corrected chi connectivity index (χ1v) is 6.84. The number of rotatable bonds is 3. The molecule has 0 aliphatic carbocycles. The SMILES string of the molecule is COc1ccc(C#CCNC(=O)c2ccc(F)cc2Cl)cc1. The molecule has 22 heavy (non-hydrogen) atoms. The van der Waals surface area contributed by atoms with Gasteiger partial charge < -0.3 is 10.1 Å². The standard InChI is InChI=1S/C17H13ClFNO2/c1-22-14-7-4-12(5-8-14)3-2-10-20-17(21)15-9-6-13(19)11-16(15)18/h4-9,11H,10H2,1H3,(H,20,21). The lowest BCUT2D eigenvalue weighted by atomic mass is 10.2. The van der Waals surface area contributed by atoms with Gasteiger partial charge in [-0.15, -0.1) is 0 Å². The number of methoxy groups -OCH3 is 1. The normalized spacial score (nSPS) is 9.59. The maximum atomic E-state index is 12.9. The summed E-state index contributed by atoms with van der Waals surface area (Å²) in [6.45, 7) is 0.165. The highest BCUT2D eigenvalue weighted by molar-refractivity contribution is 6.33. The summed E-state index contributed by atoms with van der Waals surface area (Å²) in [6, 6.07) is 10.9. The molecule has 112 valence electrons. The fraction of sp³-hybridized carbons (Fsp3) is 0.118. The molecule has 5 heteroatoms. The van der Waals surface area contributed by atoms with Crippen LogP contribution in [0.15, 0.2) is 42.5 Å². The van der Waals surface area contributed by atoms with Crippen molar-refractivity contribution in [1.29, 1.82) is 0 Å². The van der Waals surface area contributed by atoms with Gasteiger partial charge in [-0.25, -0.2) is 4.39 Å². The number of halogens is 2. The van der Waals surface area contributed by atoms with E-state index in [0.717, 1.165) is 17.4 Å². The molecule has 0 aliphatic rings. The van der Waals surface area contributed by atoms with Gasteiger partial charge in [0.25, 0.3) is 5.91 Å². The Morgan fingerprint density at radius 1 is 1.27 bits per heavy atom. The molecule has 0 unspecified atom stereocenters. The molecule has 2 aromatic rings. The van der Waals surface area contributed by atoms with Crippen molar-refractivity contribution in [3.8, 4) is 17.6 Å². The maximum Gasteiger partial charge on any atom is 0.253 e. The van der Waals surface area contributed by atoms with Crippen molar-refractivity contribution in [2.75, 3.05) is 13.7 Å². The van der Waals surface area contributed by atoms with E-state index in [-0.39, 0.29) is 17.1 Å². The Morgan fingerprint density at radius 3 is 2.64 bits per heavy atom. The molecule has 0 heterocycles. The molecule has 3 nitrogen and oxygen atoms in total. The smallest absolute Gasteiger partial charge is 0.253 e. The van der Waals surface area contributed by atoms with Gasteiger partial charge in [0.1, 0.15) is 11.6 Å². The maximum absolute atomic E-state index is 12.9. The summed E-state index contributed by atoms with van der Waals surface area (Å²) in [6.07, 6.45) is 0. The van der Waals surface area contributed by atoms with Crippen LogP contribution in [0, 0.1) is 17.7 Å². The zero-order valence-corrected chi connectivity index (χ0v) is 12.6. The van der Waals surface area contributed by atoms with E-state index in [2.05, 4.69) is 17.2 Å². The molecule has 0 saturated heterocycles. The van der Waals surface area contributed by atoms with Crippen molar-refractivity contribution in [2.24, 2.45) is 0 Å². The van der Waals surface area contributed by atoms with Gasteiger partial charge in [0.15, 0.2) is 0 Å². The molecule has 2 rings (SSSR count). The largest absolute Gasteiger partial charge is 0.497 e. The second-order valence-electron chi connectivity index (χ2n) is 4.34. The van der Waals surface area contributed by atoms with Crippen LogP contribution >= 0.6 is 11.6 Å². The van der Waals surface area contributed by atoms with E-state index in [1.165, 1.54) is 12.1 Å². The molecular weight excluding hydrogens is 305 g/mol. The van der Waals surface area contributed by atoms with Gasteiger partial charge in [0, 0.05) is 5.56 Å². The zero-order chi connectivity index (χ0) is 15.9. The van der Waals surface area contributed by atoms with E-state index in [4.69, 9.17) is 16.3 Å². The number of amides is 1.